The summed E-state index contributed by atoms with van der Waals surface area (Å²) < 4.78 is 0. The molecule has 0 aliphatic carbocycles. The first kappa shape index (κ1) is 11.1. The lowest BCUT2D eigenvalue weighted by Gasteiger charge is -2.11. The second-order valence-corrected chi connectivity index (χ2v) is 4.14. The lowest BCUT2D eigenvalue weighted by atomic mass is 10.0. The molecular formula is C12H9Cl2NO. The number of rotatable bonds is 1. The van der Waals surface area contributed by atoms with Crippen molar-refractivity contribution in [3.8, 4) is 16.9 Å². The number of anilines is 1. The highest BCUT2D eigenvalue weighted by Gasteiger charge is 2.14. The molecule has 0 aliphatic heterocycles. The molecule has 0 amide bonds. The smallest absolute Gasteiger partial charge is 0.153 e. The molecule has 16 heavy (non-hydrogen) atoms. The minimum Gasteiger partial charge on any atom is -0.505 e. The van der Waals surface area contributed by atoms with Crippen LogP contribution in [0.15, 0.2) is 36.4 Å². The zero-order chi connectivity index (χ0) is 11.7. The van der Waals surface area contributed by atoms with E-state index in [0.29, 0.717) is 11.3 Å². The molecule has 0 unspecified atom stereocenters. The molecule has 0 spiro atoms. The Bertz CT molecular complexity index is 526. The number of hydrogen-bond acceptors (Lipinski definition) is 2. The van der Waals surface area contributed by atoms with E-state index >= 15 is 0 Å². The van der Waals surface area contributed by atoms with Gasteiger partial charge in [0.15, 0.2) is 5.75 Å². The number of hydrogen-bond donors (Lipinski definition) is 2. The van der Waals surface area contributed by atoms with Crippen molar-refractivity contribution >= 4 is 28.9 Å². The molecule has 0 atom stereocenters. The number of aromatic hydroxyl groups is 1. The summed E-state index contributed by atoms with van der Waals surface area (Å²) in [5.41, 5.74) is 7.73. The third-order valence-corrected chi connectivity index (χ3v) is 2.94. The van der Waals surface area contributed by atoms with Gasteiger partial charge in [0.05, 0.1) is 10.0 Å². The monoisotopic (exact) mass is 253 g/mol. The fraction of sp³-hybridized carbons (Fsp3) is 0. The molecule has 4 heteroatoms. The highest BCUT2D eigenvalue weighted by molar-refractivity contribution is 6.39. The number of halogens is 2. The predicted molar refractivity (Wildman–Crippen MR) is 68.0 cm³/mol. The molecule has 0 fully saturated rings. The van der Waals surface area contributed by atoms with Crippen LogP contribution < -0.4 is 5.73 Å². The second kappa shape index (κ2) is 4.24. The number of nitrogens with two attached hydrogens (primary N) is 1. The van der Waals surface area contributed by atoms with Crippen molar-refractivity contribution in [2.24, 2.45) is 0 Å². The third-order valence-electron chi connectivity index (χ3n) is 2.29. The summed E-state index contributed by atoms with van der Waals surface area (Å²) in [4.78, 5) is 0. The van der Waals surface area contributed by atoms with E-state index in [2.05, 4.69) is 0 Å². The fourth-order valence-electron chi connectivity index (χ4n) is 1.53. The van der Waals surface area contributed by atoms with E-state index in [1.165, 1.54) is 6.07 Å². The predicted octanol–water partition coefficient (Wildman–Crippen LogP) is 3.95. The summed E-state index contributed by atoms with van der Waals surface area (Å²) in [5.74, 6) is -0.142. The summed E-state index contributed by atoms with van der Waals surface area (Å²) >= 11 is 11.8. The Hall–Kier alpha value is -1.38. The topological polar surface area (TPSA) is 46.2 Å². The molecule has 0 heterocycles. The van der Waals surface area contributed by atoms with Gasteiger partial charge in [-0.3, -0.25) is 0 Å². The number of nitrogen functional groups attached to an aromatic ring is 1. The van der Waals surface area contributed by atoms with Crippen molar-refractivity contribution in [3.63, 3.8) is 0 Å². The van der Waals surface area contributed by atoms with Crippen LogP contribution in [0.2, 0.25) is 10.0 Å². The van der Waals surface area contributed by atoms with E-state index in [9.17, 15) is 5.11 Å². The summed E-state index contributed by atoms with van der Waals surface area (Å²) in [6.45, 7) is 0. The highest BCUT2D eigenvalue weighted by Crippen LogP contribution is 2.43. The van der Waals surface area contributed by atoms with Crippen LogP contribution in [0.1, 0.15) is 0 Å². The van der Waals surface area contributed by atoms with Gasteiger partial charge in [0.25, 0.3) is 0 Å². The summed E-state index contributed by atoms with van der Waals surface area (Å²) in [5, 5.41) is 9.99. The molecule has 2 nitrogen and oxygen atoms in total. The first-order valence-electron chi connectivity index (χ1n) is 4.63. The van der Waals surface area contributed by atoms with Crippen molar-refractivity contribution in [1.82, 2.24) is 0 Å². The van der Waals surface area contributed by atoms with Crippen molar-refractivity contribution in [2.45, 2.75) is 0 Å². The zero-order valence-corrected chi connectivity index (χ0v) is 9.76. The van der Waals surface area contributed by atoms with Crippen LogP contribution in [0.5, 0.6) is 5.75 Å². The van der Waals surface area contributed by atoms with Gasteiger partial charge in [-0.05, 0) is 11.6 Å². The number of phenols is 1. The average molecular weight is 254 g/mol. The molecule has 2 aromatic carbocycles. The van der Waals surface area contributed by atoms with Gasteiger partial charge in [-0.25, -0.2) is 0 Å². The fourth-order valence-corrected chi connectivity index (χ4v) is 2.11. The van der Waals surface area contributed by atoms with E-state index in [-0.39, 0.29) is 15.8 Å². The van der Waals surface area contributed by atoms with Gasteiger partial charge >= 0.3 is 0 Å². The Balaban J connectivity index is 2.71. The average Bonchev–Trinajstić information content (AvgIpc) is 2.28. The minimum absolute atomic E-state index is 0.142. The van der Waals surface area contributed by atoms with Gasteiger partial charge in [-0.2, -0.15) is 0 Å². The maximum absolute atomic E-state index is 9.65. The quantitative estimate of drug-likeness (QED) is 0.597. The van der Waals surface area contributed by atoms with E-state index in [0.717, 1.165) is 5.56 Å². The first-order chi connectivity index (χ1) is 7.61. The molecule has 0 radical (unpaired) electrons. The van der Waals surface area contributed by atoms with Gasteiger partial charge in [0.2, 0.25) is 0 Å². The van der Waals surface area contributed by atoms with Crippen molar-refractivity contribution < 1.29 is 5.11 Å². The highest BCUT2D eigenvalue weighted by atomic mass is 35.5. The summed E-state index contributed by atoms with van der Waals surface area (Å²) in [7, 11) is 0. The Kier molecular flexibility index (Phi) is 2.95. The van der Waals surface area contributed by atoms with Gasteiger partial charge < -0.3 is 10.8 Å². The lowest BCUT2D eigenvalue weighted by molar-refractivity contribution is 0.476. The van der Waals surface area contributed by atoms with Crippen LogP contribution in [-0.2, 0) is 0 Å². The second-order valence-electron chi connectivity index (χ2n) is 3.35. The minimum atomic E-state index is -0.142. The third kappa shape index (κ3) is 1.82. The molecule has 3 N–H and O–H groups in total. The lowest BCUT2D eigenvalue weighted by Crippen LogP contribution is -1.92. The van der Waals surface area contributed by atoms with Crippen LogP contribution in [0.25, 0.3) is 11.1 Å². The van der Waals surface area contributed by atoms with Gasteiger partial charge in [0, 0.05) is 11.3 Å². The molecule has 0 saturated heterocycles. The molecule has 82 valence electrons. The van der Waals surface area contributed by atoms with Crippen molar-refractivity contribution in [2.75, 3.05) is 5.73 Å². The van der Waals surface area contributed by atoms with Gasteiger partial charge in [0.1, 0.15) is 0 Å². The molecule has 0 bridgehead atoms. The standard InChI is InChI=1S/C12H9Cl2NO/c13-8-6-9(15)10(11(14)12(8)16)7-4-2-1-3-5-7/h1-6,16H,15H2. The number of phenolic OH excluding ortho intramolecular Hbond substituents is 1. The Labute approximate surface area is 103 Å². The van der Waals surface area contributed by atoms with Crippen LogP contribution >= 0.6 is 23.2 Å². The van der Waals surface area contributed by atoms with E-state index in [1.807, 2.05) is 30.3 Å². The largest absolute Gasteiger partial charge is 0.505 e. The Morgan fingerprint density at radius 1 is 1.06 bits per heavy atom. The maximum Gasteiger partial charge on any atom is 0.153 e. The summed E-state index contributed by atoms with van der Waals surface area (Å²) in [6, 6.07) is 10.9. The van der Waals surface area contributed by atoms with Crippen LogP contribution in [0.3, 0.4) is 0 Å². The van der Waals surface area contributed by atoms with Crippen LogP contribution in [0, 0.1) is 0 Å². The number of benzene rings is 2. The Morgan fingerprint density at radius 3 is 2.31 bits per heavy atom. The normalized spacial score (nSPS) is 10.4. The van der Waals surface area contributed by atoms with Gasteiger partial charge in [-0.1, -0.05) is 53.5 Å². The van der Waals surface area contributed by atoms with Crippen molar-refractivity contribution in [3.05, 3.63) is 46.4 Å². The van der Waals surface area contributed by atoms with E-state index in [1.54, 1.807) is 0 Å². The summed E-state index contributed by atoms with van der Waals surface area (Å²) in [6.07, 6.45) is 0. The van der Waals surface area contributed by atoms with Crippen LogP contribution in [0.4, 0.5) is 5.69 Å². The molecule has 2 rings (SSSR count). The molecule has 0 aromatic heterocycles. The van der Waals surface area contributed by atoms with E-state index in [4.69, 9.17) is 28.9 Å². The molecular weight excluding hydrogens is 245 g/mol. The SMILES string of the molecule is Nc1cc(Cl)c(O)c(Cl)c1-c1ccccc1. The molecule has 2 aromatic rings. The van der Waals surface area contributed by atoms with Gasteiger partial charge in [-0.15, -0.1) is 0 Å². The first-order valence-corrected chi connectivity index (χ1v) is 5.38. The molecule has 0 saturated carbocycles. The maximum atomic E-state index is 9.65. The molecule has 0 aliphatic rings. The zero-order valence-electron chi connectivity index (χ0n) is 8.24. The Morgan fingerprint density at radius 2 is 1.69 bits per heavy atom. The van der Waals surface area contributed by atoms with Crippen molar-refractivity contribution in [1.29, 1.82) is 0 Å². The van der Waals surface area contributed by atoms with Crippen LogP contribution in [-0.4, -0.2) is 5.11 Å². The van der Waals surface area contributed by atoms with E-state index < -0.39 is 0 Å².